The van der Waals surface area contributed by atoms with Crippen LogP contribution in [0.25, 0.3) is 33.0 Å². The number of aliphatic hydroxyl groups excluding tert-OH is 1. The zero-order chi connectivity index (χ0) is 43.7. The SMILES string of the molecule is C=CCC(OC(C)=O)[C@@H]1[C@@H](N(Cc2ccc(-c3ccccc3)cc2)C(=O)c2ccc(-c3ccccc3)cc2)c2cc(OCCCO)ccc2N1C(=O)Cc1ccc2ccccc2c1. The van der Waals surface area contributed by atoms with Gasteiger partial charge < -0.3 is 24.4 Å². The Morgan fingerprint density at radius 3 is 1.95 bits per heavy atom. The topological polar surface area (TPSA) is 96.4 Å². The Bertz CT molecular complexity index is 2700. The number of amides is 2. The summed E-state index contributed by atoms with van der Waals surface area (Å²) >= 11 is 0. The van der Waals surface area contributed by atoms with E-state index in [4.69, 9.17) is 9.47 Å². The summed E-state index contributed by atoms with van der Waals surface area (Å²) in [7, 11) is 0. The molecule has 7 aromatic rings. The molecule has 1 heterocycles. The van der Waals surface area contributed by atoms with Crippen LogP contribution in [0.15, 0.2) is 183 Å². The van der Waals surface area contributed by atoms with Gasteiger partial charge in [0.15, 0.2) is 0 Å². The number of hydrogen-bond donors (Lipinski definition) is 1. The van der Waals surface area contributed by atoms with E-state index >= 15 is 9.59 Å². The van der Waals surface area contributed by atoms with Crippen molar-refractivity contribution in [2.24, 2.45) is 0 Å². The van der Waals surface area contributed by atoms with Crippen molar-refractivity contribution in [3.63, 3.8) is 0 Å². The smallest absolute Gasteiger partial charge is 0.302 e. The molecule has 1 unspecified atom stereocenters. The summed E-state index contributed by atoms with van der Waals surface area (Å²) in [6, 6.07) is 53.7. The van der Waals surface area contributed by atoms with Crippen molar-refractivity contribution in [2.75, 3.05) is 18.1 Å². The number of ether oxygens (including phenoxy) is 2. The molecule has 0 fully saturated rings. The van der Waals surface area contributed by atoms with Crippen LogP contribution in [-0.2, 0) is 27.3 Å². The van der Waals surface area contributed by atoms with Crippen LogP contribution in [0.4, 0.5) is 5.69 Å². The van der Waals surface area contributed by atoms with Gasteiger partial charge in [0.1, 0.15) is 11.9 Å². The van der Waals surface area contributed by atoms with Gasteiger partial charge >= 0.3 is 5.97 Å². The summed E-state index contributed by atoms with van der Waals surface area (Å²) in [4.78, 5) is 47.1. The van der Waals surface area contributed by atoms with Gasteiger partial charge in [-0.2, -0.15) is 0 Å². The minimum absolute atomic E-state index is 0.0350. The van der Waals surface area contributed by atoms with Crippen molar-refractivity contribution in [3.05, 3.63) is 205 Å². The molecule has 0 aromatic heterocycles. The van der Waals surface area contributed by atoms with Crippen molar-refractivity contribution in [2.45, 2.75) is 50.9 Å². The number of rotatable bonds is 16. The Kier molecular flexibility index (Phi) is 13.2. The molecule has 8 nitrogen and oxygen atoms in total. The molecule has 1 N–H and O–H groups in total. The lowest BCUT2D eigenvalue weighted by Gasteiger charge is -2.39. The third-order valence-corrected chi connectivity index (χ3v) is 11.6. The molecule has 1 aliphatic heterocycles. The highest BCUT2D eigenvalue weighted by Crippen LogP contribution is 2.48. The van der Waals surface area contributed by atoms with Gasteiger partial charge in [0.25, 0.3) is 5.91 Å². The van der Waals surface area contributed by atoms with Crippen LogP contribution in [0, 0.1) is 0 Å². The molecule has 8 heteroatoms. The summed E-state index contributed by atoms with van der Waals surface area (Å²) in [6.45, 7) is 5.77. The summed E-state index contributed by atoms with van der Waals surface area (Å²) in [5.41, 5.74) is 7.51. The standard InChI is InChI=1S/C55H50N2O6/c1-3-13-51(63-38(2)59)54-53(49-36-48(62-33-12-32-58)30-31-50(49)57(54)52(60)35-40-22-25-43-18-10-11-19-47(43)34-40)56(37-39-20-23-44(24-21-39)41-14-6-4-7-15-41)55(61)46-28-26-45(27-29-46)42-16-8-5-9-17-42/h3-11,14-31,34,36,51,53-54,58H,1,12-13,32-33,35,37H2,2H3/t51?,53-,54+/m0/s1. The number of fused-ring (bicyclic) bond motifs is 2. The largest absolute Gasteiger partial charge is 0.493 e. The fraction of sp³-hybridized carbons (Fsp3) is 0.182. The van der Waals surface area contributed by atoms with E-state index in [0.717, 1.165) is 44.2 Å². The average molecular weight is 835 g/mol. The Morgan fingerprint density at radius 1 is 0.714 bits per heavy atom. The maximum absolute atomic E-state index is 15.5. The number of hydrogen-bond acceptors (Lipinski definition) is 6. The maximum Gasteiger partial charge on any atom is 0.302 e. The minimum Gasteiger partial charge on any atom is -0.493 e. The lowest BCUT2D eigenvalue weighted by molar-refractivity contribution is -0.148. The van der Waals surface area contributed by atoms with Crippen LogP contribution in [0.3, 0.4) is 0 Å². The predicted molar refractivity (Wildman–Crippen MR) is 249 cm³/mol. The molecule has 0 radical (unpaired) electrons. The van der Waals surface area contributed by atoms with E-state index in [2.05, 4.69) is 18.7 Å². The van der Waals surface area contributed by atoms with Gasteiger partial charge in [-0.1, -0.05) is 146 Å². The Hall–Kier alpha value is -7.29. The Balaban J connectivity index is 1.27. The van der Waals surface area contributed by atoms with Crippen molar-refractivity contribution in [1.29, 1.82) is 0 Å². The van der Waals surface area contributed by atoms with Gasteiger partial charge in [0.05, 0.1) is 25.1 Å². The molecule has 63 heavy (non-hydrogen) atoms. The second kappa shape index (κ2) is 19.6. The third kappa shape index (κ3) is 9.62. The molecule has 0 saturated carbocycles. The van der Waals surface area contributed by atoms with Gasteiger partial charge in [-0.3, -0.25) is 14.4 Å². The first-order valence-electron chi connectivity index (χ1n) is 21.4. The van der Waals surface area contributed by atoms with E-state index in [-0.39, 0.29) is 44.4 Å². The molecule has 0 aliphatic carbocycles. The lowest BCUT2D eigenvalue weighted by atomic mass is 9.93. The van der Waals surface area contributed by atoms with Crippen LogP contribution in [-0.4, -0.2) is 53.1 Å². The number of anilines is 1. The van der Waals surface area contributed by atoms with Crippen molar-refractivity contribution >= 4 is 34.2 Å². The molecule has 2 amide bonds. The van der Waals surface area contributed by atoms with Crippen molar-refractivity contribution in [3.8, 4) is 28.0 Å². The third-order valence-electron chi connectivity index (χ3n) is 11.6. The molecule has 7 aromatic carbocycles. The fourth-order valence-corrected chi connectivity index (χ4v) is 8.61. The highest BCUT2D eigenvalue weighted by atomic mass is 16.5. The normalized spacial score (nSPS) is 14.7. The molecule has 0 spiro atoms. The van der Waals surface area contributed by atoms with Crippen LogP contribution in [0.2, 0.25) is 0 Å². The average Bonchev–Trinajstić information content (AvgIpc) is 3.65. The predicted octanol–water partition coefficient (Wildman–Crippen LogP) is 10.8. The van der Waals surface area contributed by atoms with E-state index in [1.165, 1.54) is 6.92 Å². The van der Waals surface area contributed by atoms with Gasteiger partial charge in [0, 0.05) is 49.7 Å². The van der Waals surface area contributed by atoms with Crippen LogP contribution in [0.1, 0.15) is 52.9 Å². The highest BCUT2D eigenvalue weighted by molar-refractivity contribution is 6.00. The van der Waals surface area contributed by atoms with Crippen molar-refractivity contribution < 1.29 is 29.0 Å². The summed E-state index contributed by atoms with van der Waals surface area (Å²) in [5.74, 6) is -0.480. The van der Waals surface area contributed by atoms with Crippen molar-refractivity contribution in [1.82, 2.24) is 4.90 Å². The molecule has 0 bridgehead atoms. The molecule has 316 valence electrons. The molecule has 3 atom stereocenters. The van der Waals surface area contributed by atoms with E-state index in [1.807, 2.05) is 152 Å². The summed E-state index contributed by atoms with van der Waals surface area (Å²) in [6.07, 6.45) is 1.50. The monoisotopic (exact) mass is 834 g/mol. The van der Waals surface area contributed by atoms with E-state index in [1.54, 1.807) is 21.9 Å². The number of esters is 1. The first-order valence-corrected chi connectivity index (χ1v) is 21.4. The Labute approximate surface area is 368 Å². The van der Waals surface area contributed by atoms with Crippen LogP contribution in [0.5, 0.6) is 5.75 Å². The number of carbonyl (C=O) groups is 3. The first kappa shape index (κ1) is 42.4. The molecular weight excluding hydrogens is 785 g/mol. The van der Waals surface area contributed by atoms with E-state index in [9.17, 15) is 9.90 Å². The van der Waals surface area contributed by atoms with Crippen LogP contribution >= 0.6 is 0 Å². The second-order valence-corrected chi connectivity index (χ2v) is 15.8. The lowest BCUT2D eigenvalue weighted by Crippen LogP contribution is -2.53. The molecule has 8 rings (SSSR count). The van der Waals surface area contributed by atoms with Gasteiger partial charge in [0.2, 0.25) is 5.91 Å². The first-order chi connectivity index (χ1) is 30.8. The Morgan fingerprint density at radius 2 is 1.32 bits per heavy atom. The van der Waals surface area contributed by atoms with E-state index < -0.39 is 24.2 Å². The highest BCUT2D eigenvalue weighted by Gasteiger charge is 2.50. The molecule has 0 saturated heterocycles. The van der Waals surface area contributed by atoms with Crippen LogP contribution < -0.4 is 9.64 Å². The number of nitrogens with zero attached hydrogens (tertiary/aromatic N) is 2. The molecular formula is C55H50N2O6. The summed E-state index contributed by atoms with van der Waals surface area (Å²) in [5, 5.41) is 11.6. The minimum atomic E-state index is -0.882. The number of carbonyl (C=O) groups excluding carboxylic acids is 3. The maximum atomic E-state index is 15.5. The zero-order valence-electron chi connectivity index (χ0n) is 35.3. The second-order valence-electron chi connectivity index (χ2n) is 15.8. The number of aliphatic hydroxyl groups is 1. The number of benzene rings is 7. The van der Waals surface area contributed by atoms with Gasteiger partial charge in [-0.25, -0.2) is 0 Å². The van der Waals surface area contributed by atoms with E-state index in [0.29, 0.717) is 29.0 Å². The van der Waals surface area contributed by atoms with Gasteiger partial charge in [-0.15, -0.1) is 6.58 Å². The fourth-order valence-electron chi connectivity index (χ4n) is 8.61. The zero-order valence-corrected chi connectivity index (χ0v) is 35.3. The molecule has 1 aliphatic rings. The quantitative estimate of drug-likeness (QED) is 0.0592. The van der Waals surface area contributed by atoms with Gasteiger partial charge in [-0.05, 0) is 74.5 Å². The summed E-state index contributed by atoms with van der Waals surface area (Å²) < 4.78 is 12.3.